The van der Waals surface area contributed by atoms with Crippen molar-refractivity contribution in [3.8, 4) is 17.6 Å². The number of unbranched alkanes of at least 4 members (excludes halogenated alkanes) is 1. The van der Waals surface area contributed by atoms with E-state index in [4.69, 9.17) is 42.7 Å². The number of hydrogen-bond acceptors (Lipinski definition) is 14. The van der Waals surface area contributed by atoms with Gasteiger partial charge < -0.3 is 42.6 Å². The lowest BCUT2D eigenvalue weighted by Gasteiger charge is -2.39. The van der Waals surface area contributed by atoms with Gasteiger partial charge in [-0.05, 0) is 93.6 Å². The second kappa shape index (κ2) is 24.7. The van der Waals surface area contributed by atoms with Crippen molar-refractivity contribution in [1.29, 1.82) is 5.26 Å². The van der Waals surface area contributed by atoms with Crippen LogP contribution in [0.2, 0.25) is 0 Å². The number of ether oxygens (including phenoxy) is 5. The maximum absolute atomic E-state index is 13.4. The van der Waals surface area contributed by atoms with Crippen molar-refractivity contribution in [2.75, 3.05) is 39.4 Å². The summed E-state index contributed by atoms with van der Waals surface area (Å²) in [6.07, 6.45) is 6.91. The number of nitrogens with zero attached hydrogens (tertiary/aromatic N) is 8. The first-order valence-corrected chi connectivity index (χ1v) is 25.3. The molecule has 0 bridgehead atoms. The predicted octanol–water partition coefficient (Wildman–Crippen LogP) is 9.73. The van der Waals surface area contributed by atoms with Crippen molar-refractivity contribution in [3.63, 3.8) is 0 Å². The van der Waals surface area contributed by atoms with Crippen LogP contribution in [0.15, 0.2) is 141 Å². The van der Waals surface area contributed by atoms with E-state index in [1.54, 1.807) is 61.9 Å². The normalized spacial score (nSPS) is 17.4. The molecule has 8 rings (SSSR count). The van der Waals surface area contributed by atoms with Gasteiger partial charge >= 0.3 is 0 Å². The summed E-state index contributed by atoms with van der Waals surface area (Å²) in [6.45, 7) is 9.64. The number of aromatic nitrogens is 6. The van der Waals surface area contributed by atoms with Gasteiger partial charge in [-0.1, -0.05) is 72.8 Å². The summed E-state index contributed by atoms with van der Waals surface area (Å²) in [5.41, 5.74) is 2.58. The van der Waals surface area contributed by atoms with Gasteiger partial charge in [-0.15, -0.1) is 0 Å². The van der Waals surface area contributed by atoms with Gasteiger partial charge in [0.1, 0.15) is 41.7 Å². The van der Waals surface area contributed by atoms with Crippen molar-refractivity contribution >= 4 is 31.4 Å². The molecule has 0 radical (unpaired) electrons. The SMILES string of the molecule is COc1ccc(C(OC[C@H]2O[C@@H](n3cnc4c(NC(=O)c5ccccc5)ncnc43)[C@H](OCCCCn3ccnc3)[C@@H]2OP(OCCC#N)N(C(C)C)C(C)C)(c2ccccc2)c2ccc(OC)cc2)cc1. The Morgan fingerprint density at radius 2 is 1.47 bits per heavy atom. The van der Waals surface area contributed by atoms with E-state index in [1.807, 2.05) is 95.7 Å². The molecule has 4 heterocycles. The lowest BCUT2D eigenvalue weighted by molar-refractivity contribution is -0.0954. The Kier molecular flexibility index (Phi) is 17.7. The molecule has 1 fully saturated rings. The quantitative estimate of drug-likeness (QED) is 0.0325. The molecule has 0 spiro atoms. The molecule has 1 aliphatic heterocycles. The number of nitriles is 1. The van der Waals surface area contributed by atoms with E-state index in [9.17, 15) is 10.1 Å². The molecular weight excluding hydrogens is 934 g/mol. The van der Waals surface area contributed by atoms with Gasteiger partial charge in [0.25, 0.3) is 14.4 Å². The highest BCUT2D eigenvalue weighted by Gasteiger charge is 2.52. The maximum Gasteiger partial charge on any atom is 0.259 e. The average Bonchev–Trinajstić information content (AvgIpc) is 4.17. The highest BCUT2D eigenvalue weighted by Crippen LogP contribution is 2.52. The first-order chi connectivity index (χ1) is 35.1. The number of imidazole rings is 2. The number of nitrogens with one attached hydrogen (secondary N) is 1. The maximum atomic E-state index is 13.4. The van der Waals surface area contributed by atoms with Crippen molar-refractivity contribution < 1.29 is 37.5 Å². The molecule has 1 saturated heterocycles. The Morgan fingerprint density at radius 3 is 2.08 bits per heavy atom. The molecule has 7 aromatic rings. The summed E-state index contributed by atoms with van der Waals surface area (Å²) in [4.78, 5) is 31.6. The lowest BCUT2D eigenvalue weighted by atomic mass is 9.80. The molecule has 1 unspecified atom stereocenters. The third kappa shape index (κ3) is 11.8. The van der Waals surface area contributed by atoms with Gasteiger partial charge in [0, 0.05) is 43.2 Å². The highest BCUT2D eigenvalue weighted by molar-refractivity contribution is 7.44. The minimum Gasteiger partial charge on any atom is -0.497 e. The number of aryl methyl sites for hydroxylation is 1. The molecular formula is C54H62N9O8P. The van der Waals surface area contributed by atoms with Gasteiger partial charge in [0.2, 0.25) is 0 Å². The van der Waals surface area contributed by atoms with E-state index in [2.05, 4.69) is 53.7 Å². The molecule has 376 valence electrons. The van der Waals surface area contributed by atoms with Crippen LogP contribution in [0.3, 0.4) is 0 Å². The number of amides is 1. The zero-order valence-electron chi connectivity index (χ0n) is 41.5. The highest BCUT2D eigenvalue weighted by atomic mass is 31.2. The minimum absolute atomic E-state index is 0.00300. The Labute approximate surface area is 422 Å². The number of rotatable bonds is 25. The van der Waals surface area contributed by atoms with Crippen molar-refractivity contribution in [2.24, 2.45) is 0 Å². The molecule has 1 aliphatic rings. The van der Waals surface area contributed by atoms with Crippen LogP contribution < -0.4 is 14.8 Å². The summed E-state index contributed by atoms with van der Waals surface area (Å²) in [7, 11) is 1.46. The van der Waals surface area contributed by atoms with E-state index in [-0.39, 0.29) is 43.4 Å². The number of hydrogen-bond donors (Lipinski definition) is 1. The Morgan fingerprint density at radius 1 is 0.819 bits per heavy atom. The number of carbonyl (C=O) groups excluding carboxylic acids is 1. The lowest BCUT2D eigenvalue weighted by Crippen LogP contribution is -2.43. The third-order valence-electron chi connectivity index (χ3n) is 12.4. The second-order valence-corrected chi connectivity index (χ2v) is 19.1. The van der Waals surface area contributed by atoms with Crippen LogP contribution in [0.4, 0.5) is 5.82 Å². The molecule has 1 amide bonds. The molecule has 1 N–H and O–H groups in total. The standard InChI is InChI=1S/C54H62N9O8P/c1-38(2)63(39(3)4)72(69-33-15-28-55)71-48-46(34-68-54(41-18-11-8-12-19-41,42-20-24-44(65-5)25-21-42)43-22-26-45(66-6)27-23-43)70-53(49(48)67-32-14-13-30-61-31-29-56-36-61)62-37-59-47-50(57-35-58-51(47)62)60-52(64)40-16-9-7-10-17-40/h7-12,16-27,29,31,35-39,46,48-49,53H,13-15,30,32-34H2,1-6H3,(H,57,58,60,64)/t46-,48-,49-,53-,72?/m1/s1. The first-order valence-electron chi connectivity index (χ1n) is 24.2. The van der Waals surface area contributed by atoms with E-state index in [0.717, 1.165) is 29.7 Å². The van der Waals surface area contributed by atoms with Gasteiger partial charge in [-0.25, -0.2) is 24.6 Å². The van der Waals surface area contributed by atoms with E-state index in [1.165, 1.54) is 6.33 Å². The smallest absolute Gasteiger partial charge is 0.259 e. The fourth-order valence-electron chi connectivity index (χ4n) is 8.98. The van der Waals surface area contributed by atoms with Gasteiger partial charge in [0.15, 0.2) is 23.2 Å². The fraction of sp³-hybridized carbons (Fsp3) is 0.370. The number of benzene rings is 4. The van der Waals surface area contributed by atoms with Gasteiger partial charge in [-0.3, -0.25) is 9.36 Å². The van der Waals surface area contributed by atoms with Crippen molar-refractivity contribution in [1.82, 2.24) is 33.7 Å². The molecule has 18 heteroatoms. The van der Waals surface area contributed by atoms with Crippen LogP contribution in [0.5, 0.6) is 11.5 Å². The van der Waals surface area contributed by atoms with Crippen LogP contribution in [-0.2, 0) is 35.4 Å². The summed E-state index contributed by atoms with van der Waals surface area (Å²) in [5, 5.41) is 12.6. The van der Waals surface area contributed by atoms with Crippen LogP contribution >= 0.6 is 8.53 Å². The molecule has 72 heavy (non-hydrogen) atoms. The largest absolute Gasteiger partial charge is 0.497 e. The Hall–Kier alpha value is -6.61. The molecule has 4 aromatic carbocycles. The number of anilines is 1. The topological polar surface area (TPSA) is 182 Å². The Bertz CT molecular complexity index is 2760. The molecule has 3 aromatic heterocycles. The van der Waals surface area contributed by atoms with E-state index >= 15 is 0 Å². The fourth-order valence-corrected chi connectivity index (χ4v) is 10.8. The average molecular weight is 996 g/mol. The van der Waals surface area contributed by atoms with Gasteiger partial charge in [0.05, 0.1) is 52.6 Å². The molecule has 0 aliphatic carbocycles. The monoisotopic (exact) mass is 995 g/mol. The van der Waals surface area contributed by atoms with Crippen molar-refractivity contribution in [3.05, 3.63) is 163 Å². The summed E-state index contributed by atoms with van der Waals surface area (Å²) in [5.74, 6) is 1.28. The Balaban J connectivity index is 1.24. The zero-order chi connectivity index (χ0) is 50.5. The van der Waals surface area contributed by atoms with Crippen LogP contribution in [0.1, 0.15) is 80.2 Å². The van der Waals surface area contributed by atoms with Crippen LogP contribution in [0, 0.1) is 11.3 Å². The number of methoxy groups -OCH3 is 2. The molecule has 0 saturated carbocycles. The summed E-state index contributed by atoms with van der Waals surface area (Å²) in [6, 6.07) is 36.9. The first kappa shape index (κ1) is 51.7. The van der Waals surface area contributed by atoms with Crippen molar-refractivity contribution in [2.45, 2.75) is 95.7 Å². The van der Waals surface area contributed by atoms with E-state index < -0.39 is 38.7 Å². The van der Waals surface area contributed by atoms with Crippen LogP contribution in [0.25, 0.3) is 11.2 Å². The number of carbonyl (C=O) groups is 1. The third-order valence-corrected chi connectivity index (χ3v) is 14.5. The van der Waals surface area contributed by atoms with Crippen LogP contribution in [-0.4, -0.2) is 104 Å². The van der Waals surface area contributed by atoms with Gasteiger partial charge in [-0.2, -0.15) is 5.26 Å². The zero-order valence-corrected chi connectivity index (χ0v) is 42.4. The number of fused-ring (bicyclic) bond motifs is 1. The van der Waals surface area contributed by atoms with E-state index in [0.29, 0.717) is 41.3 Å². The summed E-state index contributed by atoms with van der Waals surface area (Å²) < 4.78 is 53.1. The second-order valence-electron chi connectivity index (χ2n) is 17.7. The predicted molar refractivity (Wildman–Crippen MR) is 273 cm³/mol. The molecule has 17 nitrogen and oxygen atoms in total. The minimum atomic E-state index is -1.82. The molecule has 5 atom stereocenters. The summed E-state index contributed by atoms with van der Waals surface area (Å²) >= 11 is 0.